The molecule has 1 fully saturated rings. The van der Waals surface area contributed by atoms with Crippen LogP contribution in [0.15, 0.2) is 12.7 Å². The minimum atomic E-state index is -0.461. The number of imide groups is 1. The molecule has 1 heterocycles. The molecular weight excluding hydrogens is 170 g/mol. The van der Waals surface area contributed by atoms with Crippen LogP contribution in [0, 0.1) is 0 Å². The van der Waals surface area contributed by atoms with E-state index in [0.717, 1.165) is 19.2 Å². The molecule has 0 aliphatic carbocycles. The zero-order chi connectivity index (χ0) is 9.68. The van der Waals surface area contributed by atoms with Gasteiger partial charge in [0.15, 0.2) is 0 Å². The second kappa shape index (κ2) is 4.74. The van der Waals surface area contributed by atoms with Gasteiger partial charge in [-0.1, -0.05) is 6.58 Å². The molecular formula is C8H13N3O2. The fourth-order valence-corrected chi connectivity index (χ4v) is 1.10. The highest BCUT2D eigenvalue weighted by Gasteiger charge is 2.20. The highest BCUT2D eigenvalue weighted by atomic mass is 16.2. The van der Waals surface area contributed by atoms with E-state index in [4.69, 9.17) is 0 Å². The molecule has 5 heteroatoms. The van der Waals surface area contributed by atoms with Crippen LogP contribution < -0.4 is 16.0 Å². The van der Waals surface area contributed by atoms with E-state index >= 15 is 0 Å². The Morgan fingerprint density at radius 1 is 1.46 bits per heavy atom. The van der Waals surface area contributed by atoms with E-state index in [1.165, 1.54) is 0 Å². The van der Waals surface area contributed by atoms with E-state index in [9.17, 15) is 9.59 Å². The van der Waals surface area contributed by atoms with Crippen LogP contribution in [0.25, 0.3) is 0 Å². The topological polar surface area (TPSA) is 70.2 Å². The molecule has 0 bridgehead atoms. The molecule has 1 saturated heterocycles. The Bertz CT molecular complexity index is 221. The monoisotopic (exact) mass is 183 g/mol. The van der Waals surface area contributed by atoms with Crippen LogP contribution >= 0.6 is 0 Å². The third-order valence-corrected chi connectivity index (χ3v) is 1.79. The normalized spacial score (nSPS) is 22.0. The molecule has 0 aromatic heterocycles. The summed E-state index contributed by atoms with van der Waals surface area (Å²) in [6.45, 7) is 5.39. The first-order valence-corrected chi connectivity index (χ1v) is 4.15. The Morgan fingerprint density at radius 3 is 2.77 bits per heavy atom. The van der Waals surface area contributed by atoms with Crippen molar-refractivity contribution in [2.45, 2.75) is 6.04 Å². The lowest BCUT2D eigenvalue weighted by Gasteiger charge is -2.22. The van der Waals surface area contributed by atoms with Gasteiger partial charge in [-0.2, -0.15) is 0 Å². The van der Waals surface area contributed by atoms with Crippen molar-refractivity contribution in [1.29, 1.82) is 0 Å². The molecule has 13 heavy (non-hydrogen) atoms. The molecule has 1 unspecified atom stereocenters. The number of amides is 2. The minimum Gasteiger partial charge on any atom is -0.313 e. The zero-order valence-corrected chi connectivity index (χ0v) is 7.30. The number of hydrogen-bond acceptors (Lipinski definition) is 4. The largest absolute Gasteiger partial charge is 0.313 e. The Kier molecular flexibility index (Phi) is 3.60. The molecule has 0 radical (unpaired) electrons. The van der Waals surface area contributed by atoms with Gasteiger partial charge in [0.25, 0.3) is 0 Å². The maximum Gasteiger partial charge on any atom is 0.249 e. The summed E-state index contributed by atoms with van der Waals surface area (Å²) >= 11 is 0. The maximum atomic E-state index is 11.3. The van der Waals surface area contributed by atoms with E-state index in [2.05, 4.69) is 22.5 Å². The molecule has 5 nitrogen and oxygen atoms in total. The van der Waals surface area contributed by atoms with E-state index < -0.39 is 5.91 Å². The number of hydrogen-bond donors (Lipinski definition) is 3. The van der Waals surface area contributed by atoms with Gasteiger partial charge in [0.05, 0.1) is 6.04 Å². The van der Waals surface area contributed by atoms with E-state index in [-0.39, 0.29) is 11.9 Å². The Morgan fingerprint density at radius 2 is 2.23 bits per heavy atom. The Hall–Kier alpha value is -1.20. The van der Waals surface area contributed by atoms with Gasteiger partial charge in [-0.25, -0.2) is 0 Å². The van der Waals surface area contributed by atoms with Gasteiger partial charge >= 0.3 is 0 Å². The zero-order valence-electron chi connectivity index (χ0n) is 7.30. The summed E-state index contributed by atoms with van der Waals surface area (Å²) in [5, 5.41) is 8.23. The minimum absolute atomic E-state index is 0.308. The fourth-order valence-electron chi connectivity index (χ4n) is 1.10. The third kappa shape index (κ3) is 2.96. The van der Waals surface area contributed by atoms with Crippen LogP contribution in [0.5, 0.6) is 0 Å². The highest BCUT2D eigenvalue weighted by Crippen LogP contribution is 1.87. The SMILES string of the molecule is C=CC(=O)NC(=O)C1CNCCN1. The fraction of sp³-hybridized carbons (Fsp3) is 0.500. The highest BCUT2D eigenvalue weighted by molar-refractivity contribution is 6.02. The molecule has 1 aliphatic heterocycles. The first-order valence-electron chi connectivity index (χ1n) is 4.15. The lowest BCUT2D eigenvalue weighted by molar-refractivity contribution is -0.129. The number of carbonyl (C=O) groups excluding carboxylic acids is 2. The van der Waals surface area contributed by atoms with Crippen molar-refractivity contribution in [1.82, 2.24) is 16.0 Å². The molecule has 0 spiro atoms. The smallest absolute Gasteiger partial charge is 0.249 e. The molecule has 1 rings (SSSR count). The van der Waals surface area contributed by atoms with Crippen molar-refractivity contribution in [3.63, 3.8) is 0 Å². The second-order valence-corrected chi connectivity index (χ2v) is 2.77. The Labute approximate surface area is 76.6 Å². The lowest BCUT2D eigenvalue weighted by atomic mass is 10.2. The summed E-state index contributed by atoms with van der Waals surface area (Å²) in [7, 11) is 0. The Balaban J connectivity index is 2.37. The van der Waals surface area contributed by atoms with E-state index in [1.807, 2.05) is 0 Å². The van der Waals surface area contributed by atoms with E-state index in [0.29, 0.717) is 6.54 Å². The molecule has 0 aromatic carbocycles. The predicted octanol–water partition coefficient (Wildman–Crippen LogP) is -1.62. The molecule has 2 amide bonds. The van der Waals surface area contributed by atoms with Gasteiger partial charge in [0.2, 0.25) is 11.8 Å². The molecule has 0 saturated carbocycles. The van der Waals surface area contributed by atoms with Crippen molar-refractivity contribution >= 4 is 11.8 Å². The molecule has 0 aromatic rings. The van der Waals surface area contributed by atoms with Crippen LogP contribution in [0.1, 0.15) is 0 Å². The average molecular weight is 183 g/mol. The van der Waals surface area contributed by atoms with Crippen LogP contribution in [-0.2, 0) is 9.59 Å². The van der Waals surface area contributed by atoms with Crippen LogP contribution in [0.2, 0.25) is 0 Å². The van der Waals surface area contributed by atoms with Crippen LogP contribution in [0.4, 0.5) is 0 Å². The quantitative estimate of drug-likeness (QED) is 0.450. The first-order chi connectivity index (χ1) is 6.24. The van der Waals surface area contributed by atoms with Crippen molar-refractivity contribution in [2.24, 2.45) is 0 Å². The van der Waals surface area contributed by atoms with Gasteiger partial charge in [0.1, 0.15) is 0 Å². The summed E-state index contributed by atoms with van der Waals surface area (Å²) < 4.78 is 0. The number of carbonyl (C=O) groups is 2. The number of piperazine rings is 1. The average Bonchev–Trinajstić information content (AvgIpc) is 2.19. The summed E-state index contributed by atoms with van der Waals surface area (Å²) in [5.74, 6) is -0.769. The van der Waals surface area contributed by atoms with Gasteiger partial charge in [-0.3, -0.25) is 14.9 Å². The van der Waals surface area contributed by atoms with Crippen molar-refractivity contribution in [3.8, 4) is 0 Å². The maximum absolute atomic E-state index is 11.3. The molecule has 72 valence electrons. The summed E-state index contributed by atoms with van der Waals surface area (Å²) in [4.78, 5) is 22.1. The number of rotatable bonds is 2. The summed E-state index contributed by atoms with van der Waals surface area (Å²) in [6.07, 6.45) is 1.08. The summed E-state index contributed by atoms with van der Waals surface area (Å²) in [5.41, 5.74) is 0. The molecule has 1 aliphatic rings. The lowest BCUT2D eigenvalue weighted by Crippen LogP contribution is -2.56. The van der Waals surface area contributed by atoms with E-state index in [1.54, 1.807) is 0 Å². The first kappa shape index (κ1) is 9.88. The van der Waals surface area contributed by atoms with Gasteiger partial charge in [0, 0.05) is 19.6 Å². The van der Waals surface area contributed by atoms with Crippen molar-refractivity contribution < 1.29 is 9.59 Å². The second-order valence-electron chi connectivity index (χ2n) is 2.77. The van der Waals surface area contributed by atoms with Gasteiger partial charge < -0.3 is 10.6 Å². The van der Waals surface area contributed by atoms with Crippen LogP contribution in [-0.4, -0.2) is 37.5 Å². The van der Waals surface area contributed by atoms with Crippen molar-refractivity contribution in [2.75, 3.05) is 19.6 Å². The third-order valence-electron chi connectivity index (χ3n) is 1.79. The molecule has 1 atom stereocenters. The molecule has 3 N–H and O–H groups in total. The van der Waals surface area contributed by atoms with Crippen molar-refractivity contribution in [3.05, 3.63) is 12.7 Å². The van der Waals surface area contributed by atoms with Gasteiger partial charge in [-0.05, 0) is 6.08 Å². The van der Waals surface area contributed by atoms with Crippen LogP contribution in [0.3, 0.4) is 0 Å². The van der Waals surface area contributed by atoms with Gasteiger partial charge in [-0.15, -0.1) is 0 Å². The summed E-state index contributed by atoms with van der Waals surface area (Å²) in [6, 6.07) is -0.322. The standard InChI is InChI=1S/C8H13N3O2/c1-2-7(12)11-8(13)6-5-9-3-4-10-6/h2,6,9-10H,1,3-5H2,(H,11,12,13). The number of nitrogens with one attached hydrogen (secondary N) is 3. The predicted molar refractivity (Wildman–Crippen MR) is 48.0 cm³/mol.